The molecule has 216 valence electrons. The lowest BCUT2D eigenvalue weighted by molar-refractivity contribution is -0.141. The zero-order valence-electron chi connectivity index (χ0n) is 24.1. The number of aliphatic hydroxyl groups is 1. The van der Waals surface area contributed by atoms with Crippen LogP contribution in [0, 0.1) is 19.7 Å². The van der Waals surface area contributed by atoms with Gasteiger partial charge in [-0.1, -0.05) is 12.1 Å². The Hall–Kier alpha value is -3.91. The molecule has 0 aromatic heterocycles. The Morgan fingerprint density at radius 1 is 1.12 bits per heavy atom. The van der Waals surface area contributed by atoms with Crippen LogP contribution in [0.2, 0.25) is 0 Å². The molecule has 1 aliphatic carbocycles. The predicted molar refractivity (Wildman–Crippen MR) is 153 cm³/mol. The van der Waals surface area contributed by atoms with Crippen LogP contribution in [-0.2, 0) is 16.0 Å². The van der Waals surface area contributed by atoms with E-state index in [9.17, 15) is 14.7 Å². The lowest BCUT2D eigenvalue weighted by Crippen LogP contribution is -2.38. The van der Waals surface area contributed by atoms with Crippen LogP contribution in [0.25, 0.3) is 11.1 Å². The number of hydrogen-bond acceptors (Lipinski definition) is 6. The Kier molecular flexibility index (Phi) is 7.79. The van der Waals surface area contributed by atoms with Gasteiger partial charge in [0.1, 0.15) is 23.4 Å². The fraction of sp³-hybridized carbons (Fsp3) is 0.394. The Bertz CT molecular complexity index is 1490. The van der Waals surface area contributed by atoms with Crippen molar-refractivity contribution in [2.75, 3.05) is 20.3 Å². The van der Waals surface area contributed by atoms with Crippen molar-refractivity contribution in [3.8, 4) is 22.6 Å². The number of nitrogens with one attached hydrogen (secondary N) is 1. The first-order valence-electron chi connectivity index (χ1n) is 13.9. The van der Waals surface area contributed by atoms with Gasteiger partial charge < -0.3 is 24.6 Å². The number of methoxy groups -OCH3 is 1. The first-order chi connectivity index (χ1) is 19.4. The number of benzene rings is 3. The van der Waals surface area contributed by atoms with Crippen molar-refractivity contribution in [2.24, 2.45) is 0 Å². The highest BCUT2D eigenvalue weighted by molar-refractivity contribution is 5.96. The van der Waals surface area contributed by atoms with Crippen molar-refractivity contribution in [3.05, 3.63) is 81.7 Å². The zero-order valence-corrected chi connectivity index (χ0v) is 24.1. The highest BCUT2D eigenvalue weighted by atomic mass is 19.1. The number of hydrogen-bond donors (Lipinski definition) is 2. The fourth-order valence-corrected chi connectivity index (χ4v) is 5.89. The van der Waals surface area contributed by atoms with E-state index >= 15 is 4.39 Å². The van der Waals surface area contributed by atoms with Crippen LogP contribution in [0.5, 0.6) is 11.5 Å². The molecule has 1 heterocycles. The molecule has 2 N–H and O–H groups in total. The van der Waals surface area contributed by atoms with Gasteiger partial charge in [0.05, 0.1) is 25.7 Å². The molecule has 2 atom stereocenters. The molecule has 0 saturated carbocycles. The summed E-state index contributed by atoms with van der Waals surface area (Å²) in [5.74, 6) is 0.344. The molecule has 0 spiro atoms. The van der Waals surface area contributed by atoms with E-state index in [4.69, 9.17) is 14.2 Å². The quantitative estimate of drug-likeness (QED) is 0.342. The van der Waals surface area contributed by atoms with E-state index in [1.807, 2.05) is 50.2 Å². The third-order valence-electron chi connectivity index (χ3n) is 7.81. The topological polar surface area (TPSA) is 94.1 Å². The second kappa shape index (κ2) is 11.2. The summed E-state index contributed by atoms with van der Waals surface area (Å²) >= 11 is 0. The van der Waals surface area contributed by atoms with E-state index in [0.29, 0.717) is 42.1 Å². The van der Waals surface area contributed by atoms with Crippen molar-refractivity contribution in [3.63, 3.8) is 0 Å². The van der Waals surface area contributed by atoms with Crippen LogP contribution < -0.4 is 14.8 Å². The zero-order chi connectivity index (χ0) is 29.5. The van der Waals surface area contributed by atoms with Crippen molar-refractivity contribution in [1.29, 1.82) is 0 Å². The lowest BCUT2D eigenvalue weighted by atomic mass is 9.89. The molecule has 8 heteroatoms. The number of carbonyl (C=O) groups excluding carboxylic acids is 2. The number of esters is 1. The second-order valence-corrected chi connectivity index (χ2v) is 11.6. The van der Waals surface area contributed by atoms with E-state index in [1.54, 1.807) is 13.8 Å². The Morgan fingerprint density at radius 3 is 2.54 bits per heavy atom. The summed E-state index contributed by atoms with van der Waals surface area (Å²) in [7, 11) is 1.37. The Balaban J connectivity index is 1.39. The van der Waals surface area contributed by atoms with Gasteiger partial charge in [0.15, 0.2) is 0 Å². The molecular weight excluding hydrogens is 525 g/mol. The molecule has 41 heavy (non-hydrogen) atoms. The Labute approximate surface area is 239 Å². The summed E-state index contributed by atoms with van der Waals surface area (Å²) in [4.78, 5) is 24.5. The van der Waals surface area contributed by atoms with Gasteiger partial charge in [-0.2, -0.15) is 0 Å². The summed E-state index contributed by atoms with van der Waals surface area (Å²) < 4.78 is 32.2. The minimum absolute atomic E-state index is 0.0656. The molecule has 2 aliphatic rings. The molecule has 1 amide bonds. The molecule has 1 unspecified atom stereocenters. The number of fused-ring (bicyclic) bond motifs is 2. The molecule has 7 nitrogen and oxygen atoms in total. The van der Waals surface area contributed by atoms with Gasteiger partial charge in [0, 0.05) is 35.2 Å². The maximum Gasteiger partial charge on any atom is 0.306 e. The Morgan fingerprint density at radius 2 is 1.85 bits per heavy atom. The first kappa shape index (κ1) is 28.6. The van der Waals surface area contributed by atoms with Gasteiger partial charge in [-0.05, 0) is 92.6 Å². The molecule has 5 rings (SSSR count). The van der Waals surface area contributed by atoms with E-state index in [2.05, 4.69) is 5.32 Å². The highest BCUT2D eigenvalue weighted by Gasteiger charge is 2.32. The summed E-state index contributed by atoms with van der Waals surface area (Å²) in [5.41, 5.74) is 5.65. The molecule has 0 radical (unpaired) electrons. The van der Waals surface area contributed by atoms with E-state index in [1.165, 1.54) is 13.2 Å². The van der Waals surface area contributed by atoms with Gasteiger partial charge >= 0.3 is 5.97 Å². The van der Waals surface area contributed by atoms with Crippen molar-refractivity contribution in [2.45, 2.75) is 64.6 Å². The van der Waals surface area contributed by atoms with Crippen LogP contribution >= 0.6 is 0 Å². The maximum absolute atomic E-state index is 15.3. The lowest BCUT2D eigenvalue weighted by Gasteiger charge is -2.20. The van der Waals surface area contributed by atoms with Crippen LogP contribution in [0.4, 0.5) is 4.39 Å². The van der Waals surface area contributed by atoms with E-state index < -0.39 is 11.7 Å². The van der Waals surface area contributed by atoms with E-state index in [-0.39, 0.29) is 36.6 Å². The van der Waals surface area contributed by atoms with Gasteiger partial charge in [-0.15, -0.1) is 0 Å². The average Bonchev–Trinajstić information content (AvgIpc) is 3.52. The second-order valence-electron chi connectivity index (χ2n) is 11.6. The van der Waals surface area contributed by atoms with Gasteiger partial charge in [-0.25, -0.2) is 4.39 Å². The molecule has 3 aromatic carbocycles. The minimum Gasteiger partial charge on any atom is -0.492 e. The molecule has 0 bridgehead atoms. The molecular formula is C33H36FNO6. The smallest absolute Gasteiger partial charge is 0.306 e. The number of amides is 1. The number of rotatable bonds is 8. The monoisotopic (exact) mass is 561 g/mol. The normalized spacial score (nSPS) is 17.4. The van der Waals surface area contributed by atoms with Gasteiger partial charge in [0.2, 0.25) is 0 Å². The summed E-state index contributed by atoms with van der Waals surface area (Å²) in [6, 6.07) is 12.5. The summed E-state index contributed by atoms with van der Waals surface area (Å²) in [6.45, 7) is 7.72. The molecule has 0 fully saturated rings. The van der Waals surface area contributed by atoms with Crippen LogP contribution in [0.1, 0.15) is 76.9 Å². The number of ether oxygens (including phenoxy) is 3. The van der Waals surface area contributed by atoms with E-state index in [0.717, 1.165) is 33.4 Å². The number of halogens is 1. The third-order valence-corrected chi connectivity index (χ3v) is 7.81. The maximum atomic E-state index is 15.3. The standard InChI is InChI=1S/C33H36FNO6/c1-18-12-20(32(37)35-17-33(3,4)38)13-19(2)30(18)24-8-10-26(34)31-25(24)9-11-27(31)41-22-6-7-23-21(14-29(36)39-5)16-40-28(23)15-22/h6-8,10,12-13,15,21,27,38H,9,11,14,16-17H2,1-5H3,(H,35,37)/t21?,27-/m1/s1. The first-order valence-corrected chi connectivity index (χ1v) is 13.9. The molecule has 1 aliphatic heterocycles. The number of carbonyl (C=O) groups is 2. The number of aryl methyl sites for hydroxylation is 2. The molecule has 0 saturated heterocycles. The van der Waals surface area contributed by atoms with Crippen molar-refractivity contribution in [1.82, 2.24) is 5.32 Å². The van der Waals surface area contributed by atoms with Crippen LogP contribution in [-0.4, -0.2) is 42.8 Å². The van der Waals surface area contributed by atoms with Crippen LogP contribution in [0.15, 0.2) is 42.5 Å². The van der Waals surface area contributed by atoms with Crippen molar-refractivity contribution < 1.29 is 33.3 Å². The predicted octanol–water partition coefficient (Wildman–Crippen LogP) is 5.72. The third kappa shape index (κ3) is 5.93. The fourth-order valence-electron chi connectivity index (χ4n) is 5.89. The van der Waals surface area contributed by atoms with Gasteiger partial charge in [-0.3, -0.25) is 9.59 Å². The van der Waals surface area contributed by atoms with Crippen LogP contribution in [0.3, 0.4) is 0 Å². The SMILES string of the molecule is COC(=O)CC1COc2cc(O[C@@H]3CCc4c(-c5c(C)cc(C(=O)NCC(C)(C)O)cc5C)ccc(F)c43)ccc21. The summed E-state index contributed by atoms with van der Waals surface area (Å²) in [6.07, 6.45) is 1.08. The highest BCUT2D eigenvalue weighted by Crippen LogP contribution is 2.45. The van der Waals surface area contributed by atoms with Gasteiger partial charge in [0.25, 0.3) is 5.91 Å². The molecule has 3 aromatic rings. The minimum atomic E-state index is -1.01. The summed E-state index contributed by atoms with van der Waals surface area (Å²) in [5, 5.41) is 12.7. The average molecular weight is 562 g/mol. The largest absolute Gasteiger partial charge is 0.492 e. The van der Waals surface area contributed by atoms with Crippen molar-refractivity contribution >= 4 is 11.9 Å².